The number of nitrogens with one attached hydrogen (secondary N) is 1. The molecule has 0 radical (unpaired) electrons. The number of benzene rings is 1. The van der Waals surface area contributed by atoms with E-state index in [4.69, 9.17) is 11.6 Å². The van der Waals surface area contributed by atoms with Crippen LogP contribution in [0.5, 0.6) is 0 Å². The van der Waals surface area contributed by atoms with Crippen LogP contribution in [-0.4, -0.2) is 84.8 Å². The largest absolute Gasteiger partial charge is 0.344 e. The monoisotopic (exact) mass is 476 g/mol. The van der Waals surface area contributed by atoms with E-state index in [1.54, 1.807) is 12.1 Å². The molecule has 0 bridgehead atoms. The van der Waals surface area contributed by atoms with E-state index in [2.05, 4.69) is 5.32 Å². The van der Waals surface area contributed by atoms with Crippen molar-refractivity contribution in [3.05, 3.63) is 34.9 Å². The molecule has 1 heterocycles. The maximum Gasteiger partial charge on any atom is 0.245 e. The summed E-state index contributed by atoms with van der Waals surface area (Å²) >= 11 is 6.01. The summed E-state index contributed by atoms with van der Waals surface area (Å²) in [5.41, 5.74) is 0.943. The zero-order valence-corrected chi connectivity index (χ0v) is 20.6. The van der Waals surface area contributed by atoms with E-state index in [0.717, 1.165) is 44.1 Å². The van der Waals surface area contributed by atoms with Gasteiger partial charge in [-0.3, -0.25) is 14.4 Å². The van der Waals surface area contributed by atoms with Crippen molar-refractivity contribution in [1.82, 2.24) is 20.0 Å². The number of rotatable bonds is 10. The summed E-state index contributed by atoms with van der Waals surface area (Å²) in [5.74, 6) is -0.219. The number of amides is 3. The standard InChI is InChI=1S/C25H37ClN4O3/c1-28(2)14-13-24(32)27-23(16-19-8-10-20(26)11-9-19)25(33)29-15-12-22(17-29)30(18-31)21-6-4-3-5-7-21/h8-11,18,21-23H,3-7,12-17H2,1-2H3,(H,27,32)/t22-,23+/m0/s1. The third kappa shape index (κ3) is 7.44. The highest BCUT2D eigenvalue weighted by Gasteiger charge is 2.36. The summed E-state index contributed by atoms with van der Waals surface area (Å²) in [6, 6.07) is 7.06. The van der Waals surface area contributed by atoms with Gasteiger partial charge in [-0.15, -0.1) is 0 Å². The van der Waals surface area contributed by atoms with Crippen LogP contribution >= 0.6 is 11.6 Å². The van der Waals surface area contributed by atoms with Gasteiger partial charge in [0.15, 0.2) is 0 Å². The second kappa shape index (κ2) is 12.4. The molecule has 0 aromatic heterocycles. The van der Waals surface area contributed by atoms with Crippen molar-refractivity contribution in [2.75, 3.05) is 33.7 Å². The van der Waals surface area contributed by atoms with Gasteiger partial charge in [0.2, 0.25) is 18.2 Å². The van der Waals surface area contributed by atoms with Crippen LogP contribution in [0.2, 0.25) is 5.02 Å². The number of likely N-dealkylation sites (tertiary alicyclic amines) is 1. The number of hydrogen-bond donors (Lipinski definition) is 1. The van der Waals surface area contributed by atoms with Crippen LogP contribution in [0.15, 0.2) is 24.3 Å². The number of halogens is 1. The first kappa shape index (κ1) is 25.5. The Balaban J connectivity index is 1.66. The van der Waals surface area contributed by atoms with Crippen molar-refractivity contribution in [2.45, 2.75) is 69.5 Å². The van der Waals surface area contributed by atoms with Crippen LogP contribution in [-0.2, 0) is 20.8 Å². The molecule has 1 saturated carbocycles. The second-order valence-electron chi connectivity index (χ2n) is 9.58. The Morgan fingerprint density at radius 3 is 2.45 bits per heavy atom. The van der Waals surface area contributed by atoms with Gasteiger partial charge in [-0.05, 0) is 51.1 Å². The first-order chi connectivity index (χ1) is 15.9. The molecular formula is C25H37ClN4O3. The summed E-state index contributed by atoms with van der Waals surface area (Å²) in [6.07, 6.45) is 8.14. The topological polar surface area (TPSA) is 73.0 Å². The number of nitrogens with zero attached hydrogens (tertiary/aromatic N) is 3. The molecule has 2 atom stereocenters. The molecule has 182 valence electrons. The van der Waals surface area contributed by atoms with E-state index >= 15 is 0 Å². The zero-order valence-electron chi connectivity index (χ0n) is 19.8. The van der Waals surface area contributed by atoms with Crippen LogP contribution in [0.25, 0.3) is 0 Å². The van der Waals surface area contributed by atoms with Crippen molar-refractivity contribution in [2.24, 2.45) is 0 Å². The van der Waals surface area contributed by atoms with Crippen LogP contribution in [0.4, 0.5) is 0 Å². The fourth-order valence-corrected chi connectivity index (χ4v) is 5.03. The molecule has 1 aromatic carbocycles. The van der Waals surface area contributed by atoms with Gasteiger partial charge in [-0.1, -0.05) is 43.0 Å². The molecule has 0 spiro atoms. The molecule has 1 aliphatic carbocycles. The molecule has 3 rings (SSSR count). The number of carbonyl (C=O) groups excluding carboxylic acids is 3. The third-order valence-corrected chi connectivity index (χ3v) is 7.04. The first-order valence-electron chi connectivity index (χ1n) is 12.1. The van der Waals surface area contributed by atoms with Crippen molar-refractivity contribution < 1.29 is 14.4 Å². The number of carbonyl (C=O) groups is 3. The van der Waals surface area contributed by atoms with Gasteiger partial charge in [0.25, 0.3) is 0 Å². The van der Waals surface area contributed by atoms with E-state index in [1.807, 2.05) is 40.9 Å². The lowest BCUT2D eigenvalue weighted by molar-refractivity contribution is -0.136. The Labute approximate surface area is 202 Å². The summed E-state index contributed by atoms with van der Waals surface area (Å²) in [6.45, 7) is 1.75. The Morgan fingerprint density at radius 2 is 1.82 bits per heavy atom. The van der Waals surface area contributed by atoms with Crippen LogP contribution < -0.4 is 5.32 Å². The quantitative estimate of drug-likeness (QED) is 0.527. The summed E-state index contributed by atoms with van der Waals surface area (Å²) in [5, 5.41) is 3.60. The first-order valence-corrected chi connectivity index (χ1v) is 12.4. The second-order valence-corrected chi connectivity index (χ2v) is 10.0. The molecule has 1 aliphatic heterocycles. The summed E-state index contributed by atoms with van der Waals surface area (Å²) in [4.78, 5) is 43.7. The van der Waals surface area contributed by atoms with E-state index < -0.39 is 6.04 Å². The minimum atomic E-state index is -0.640. The van der Waals surface area contributed by atoms with E-state index in [0.29, 0.717) is 37.5 Å². The highest BCUT2D eigenvalue weighted by molar-refractivity contribution is 6.30. The van der Waals surface area contributed by atoms with E-state index in [1.165, 1.54) is 6.42 Å². The zero-order chi connectivity index (χ0) is 23.8. The minimum Gasteiger partial charge on any atom is -0.344 e. The molecule has 7 nitrogen and oxygen atoms in total. The predicted molar refractivity (Wildman–Crippen MR) is 130 cm³/mol. The van der Waals surface area contributed by atoms with Crippen LogP contribution in [0.3, 0.4) is 0 Å². The van der Waals surface area contributed by atoms with Gasteiger partial charge in [0.05, 0.1) is 6.04 Å². The maximum atomic E-state index is 13.5. The highest BCUT2D eigenvalue weighted by atomic mass is 35.5. The Hall–Kier alpha value is -2.12. The lowest BCUT2D eigenvalue weighted by Crippen LogP contribution is -2.51. The highest BCUT2D eigenvalue weighted by Crippen LogP contribution is 2.26. The molecule has 33 heavy (non-hydrogen) atoms. The molecule has 1 aromatic rings. The predicted octanol–water partition coefficient (Wildman–Crippen LogP) is 2.71. The van der Waals surface area contributed by atoms with E-state index in [9.17, 15) is 14.4 Å². The molecular weight excluding hydrogens is 440 g/mol. The fraction of sp³-hybridized carbons (Fsp3) is 0.640. The van der Waals surface area contributed by atoms with Gasteiger partial charge in [-0.25, -0.2) is 0 Å². The Kier molecular flexibility index (Phi) is 9.56. The molecule has 2 aliphatic rings. The van der Waals surface area contributed by atoms with Gasteiger partial charge in [0.1, 0.15) is 6.04 Å². The fourth-order valence-electron chi connectivity index (χ4n) is 4.90. The van der Waals surface area contributed by atoms with Crippen molar-refractivity contribution in [3.8, 4) is 0 Å². The van der Waals surface area contributed by atoms with Crippen LogP contribution in [0.1, 0.15) is 50.5 Å². The Bertz CT molecular complexity index is 795. The molecule has 3 amide bonds. The molecule has 8 heteroatoms. The minimum absolute atomic E-state index is 0.0511. The SMILES string of the molecule is CN(C)CCC(=O)N[C@H](Cc1ccc(Cl)cc1)C(=O)N1CC[C@H](N(C=O)C2CCCCC2)C1. The van der Waals surface area contributed by atoms with Crippen LogP contribution in [0, 0.1) is 0 Å². The average Bonchev–Trinajstić information content (AvgIpc) is 3.29. The van der Waals surface area contributed by atoms with Crippen molar-refractivity contribution in [3.63, 3.8) is 0 Å². The van der Waals surface area contributed by atoms with Crippen molar-refractivity contribution >= 4 is 29.8 Å². The maximum absolute atomic E-state index is 13.5. The average molecular weight is 477 g/mol. The molecule has 0 unspecified atom stereocenters. The third-order valence-electron chi connectivity index (χ3n) is 6.79. The number of hydrogen-bond acceptors (Lipinski definition) is 4. The molecule has 2 fully saturated rings. The van der Waals surface area contributed by atoms with E-state index in [-0.39, 0.29) is 23.9 Å². The normalized spacial score (nSPS) is 20.0. The smallest absolute Gasteiger partial charge is 0.245 e. The van der Waals surface area contributed by atoms with Gasteiger partial charge in [-0.2, -0.15) is 0 Å². The Morgan fingerprint density at radius 1 is 1.12 bits per heavy atom. The van der Waals surface area contributed by atoms with Gasteiger partial charge >= 0.3 is 0 Å². The molecule has 1 N–H and O–H groups in total. The summed E-state index contributed by atoms with van der Waals surface area (Å²) in [7, 11) is 3.83. The van der Waals surface area contributed by atoms with Crippen molar-refractivity contribution in [1.29, 1.82) is 0 Å². The van der Waals surface area contributed by atoms with Gasteiger partial charge < -0.3 is 20.0 Å². The summed E-state index contributed by atoms with van der Waals surface area (Å²) < 4.78 is 0. The van der Waals surface area contributed by atoms with Gasteiger partial charge in [0, 0.05) is 43.5 Å². The lowest BCUT2D eigenvalue weighted by Gasteiger charge is -2.35. The molecule has 1 saturated heterocycles. The lowest BCUT2D eigenvalue weighted by atomic mass is 9.93.